The second-order valence-corrected chi connectivity index (χ2v) is 5.92. The van der Waals surface area contributed by atoms with Crippen LogP contribution in [0.5, 0.6) is 0 Å². The fourth-order valence-electron chi connectivity index (χ4n) is 1.91. The van der Waals surface area contributed by atoms with E-state index in [1.54, 1.807) is 18.6 Å². The van der Waals surface area contributed by atoms with E-state index in [1.807, 2.05) is 0 Å². The summed E-state index contributed by atoms with van der Waals surface area (Å²) in [6.07, 6.45) is -1.03. The lowest BCUT2D eigenvalue weighted by Crippen LogP contribution is -2.43. The van der Waals surface area contributed by atoms with Crippen LogP contribution in [0.25, 0.3) is 0 Å². The van der Waals surface area contributed by atoms with E-state index in [2.05, 4.69) is 9.47 Å². The number of hydrogen-bond donors (Lipinski definition) is 1. The summed E-state index contributed by atoms with van der Waals surface area (Å²) in [5.74, 6) is -1.16. The molecule has 9 heteroatoms. The molecule has 0 radical (unpaired) electrons. The van der Waals surface area contributed by atoms with Crippen molar-refractivity contribution in [1.82, 2.24) is 9.03 Å². The minimum atomic E-state index is -3.99. The molecule has 2 atom stereocenters. The number of nitrogens with zero attached hydrogens (tertiary/aromatic N) is 1. The largest absolute Gasteiger partial charge is 0.469 e. The lowest BCUT2D eigenvalue weighted by atomic mass is 9.99. The van der Waals surface area contributed by atoms with Gasteiger partial charge in [-0.25, -0.2) is 9.52 Å². The smallest absolute Gasteiger partial charge is 0.421 e. The summed E-state index contributed by atoms with van der Waals surface area (Å²) in [5.41, 5.74) is 0. The van der Waals surface area contributed by atoms with Crippen LogP contribution in [-0.2, 0) is 24.5 Å². The SMILES string of the molecule is CCOC(=O)NS(=O)(=O)N1CC(C)C(C(=O)OC)C1. The van der Waals surface area contributed by atoms with E-state index in [-0.39, 0.29) is 25.6 Å². The number of hydrogen-bond acceptors (Lipinski definition) is 6. The quantitative estimate of drug-likeness (QED) is 0.715. The lowest BCUT2D eigenvalue weighted by Gasteiger charge is -2.16. The van der Waals surface area contributed by atoms with Gasteiger partial charge in [-0.3, -0.25) is 4.79 Å². The Labute approximate surface area is 112 Å². The molecule has 8 nitrogen and oxygen atoms in total. The third-order valence-corrected chi connectivity index (χ3v) is 4.31. The summed E-state index contributed by atoms with van der Waals surface area (Å²) >= 11 is 0. The molecule has 1 fully saturated rings. The van der Waals surface area contributed by atoms with Gasteiger partial charge in [0.1, 0.15) is 0 Å². The molecule has 1 rings (SSSR count). The molecule has 0 aromatic heterocycles. The Morgan fingerprint density at radius 1 is 1.37 bits per heavy atom. The number of ether oxygens (including phenoxy) is 2. The molecule has 0 aliphatic carbocycles. The molecule has 1 aliphatic heterocycles. The maximum atomic E-state index is 11.9. The van der Waals surface area contributed by atoms with Crippen LogP contribution >= 0.6 is 0 Å². The zero-order valence-electron chi connectivity index (χ0n) is 11.1. The number of amides is 1. The molecular weight excluding hydrogens is 276 g/mol. The molecule has 1 amide bonds. The van der Waals surface area contributed by atoms with Crippen LogP contribution in [-0.4, -0.2) is 51.6 Å². The number of methoxy groups -OCH3 is 1. The molecule has 0 spiro atoms. The van der Waals surface area contributed by atoms with Gasteiger partial charge in [0.15, 0.2) is 0 Å². The summed E-state index contributed by atoms with van der Waals surface area (Å²) in [7, 11) is -2.73. The average molecular weight is 294 g/mol. The first-order valence-electron chi connectivity index (χ1n) is 5.84. The molecule has 0 aromatic carbocycles. The van der Waals surface area contributed by atoms with E-state index in [1.165, 1.54) is 7.11 Å². The van der Waals surface area contributed by atoms with Gasteiger partial charge in [0.05, 0.1) is 19.6 Å². The van der Waals surface area contributed by atoms with Crippen molar-refractivity contribution in [3.05, 3.63) is 0 Å². The van der Waals surface area contributed by atoms with Crippen LogP contribution in [0.15, 0.2) is 0 Å². The molecule has 19 heavy (non-hydrogen) atoms. The van der Waals surface area contributed by atoms with E-state index in [0.29, 0.717) is 0 Å². The van der Waals surface area contributed by atoms with Crippen LogP contribution < -0.4 is 4.72 Å². The predicted octanol–water partition coefficient (Wildman–Crippen LogP) is -0.282. The van der Waals surface area contributed by atoms with Gasteiger partial charge in [-0.1, -0.05) is 6.92 Å². The summed E-state index contributed by atoms with van der Waals surface area (Å²) in [5, 5.41) is 0. The molecule has 0 saturated carbocycles. The van der Waals surface area contributed by atoms with E-state index in [4.69, 9.17) is 0 Å². The van der Waals surface area contributed by atoms with Crippen molar-refractivity contribution in [2.45, 2.75) is 13.8 Å². The third kappa shape index (κ3) is 3.80. The van der Waals surface area contributed by atoms with Crippen LogP contribution in [0.2, 0.25) is 0 Å². The zero-order chi connectivity index (χ0) is 14.6. The van der Waals surface area contributed by atoms with Gasteiger partial charge >= 0.3 is 22.3 Å². The van der Waals surface area contributed by atoms with E-state index in [9.17, 15) is 18.0 Å². The Bertz CT molecular complexity index is 449. The van der Waals surface area contributed by atoms with Gasteiger partial charge in [0.25, 0.3) is 0 Å². The highest BCUT2D eigenvalue weighted by atomic mass is 32.2. The summed E-state index contributed by atoms with van der Waals surface area (Å²) in [4.78, 5) is 22.6. The maximum absolute atomic E-state index is 11.9. The Kier molecular flexibility index (Phi) is 5.12. The molecule has 0 bridgehead atoms. The molecule has 2 unspecified atom stereocenters. The van der Waals surface area contributed by atoms with Crippen molar-refractivity contribution in [3.8, 4) is 0 Å². The average Bonchev–Trinajstić information content (AvgIpc) is 2.70. The normalized spacial score (nSPS) is 23.9. The van der Waals surface area contributed by atoms with Gasteiger partial charge in [-0.2, -0.15) is 12.7 Å². The van der Waals surface area contributed by atoms with Gasteiger partial charge in [-0.05, 0) is 12.8 Å². The molecule has 1 saturated heterocycles. The van der Waals surface area contributed by atoms with Crippen molar-refractivity contribution in [1.29, 1.82) is 0 Å². The first kappa shape index (κ1) is 15.7. The number of carbonyl (C=O) groups is 2. The van der Waals surface area contributed by atoms with Crippen molar-refractivity contribution in [2.24, 2.45) is 11.8 Å². The molecule has 1 aliphatic rings. The minimum absolute atomic E-state index is 0.0113. The molecule has 0 aromatic rings. The lowest BCUT2D eigenvalue weighted by molar-refractivity contribution is -0.145. The van der Waals surface area contributed by atoms with E-state index in [0.717, 1.165) is 4.31 Å². The Balaban J connectivity index is 2.71. The third-order valence-electron chi connectivity index (χ3n) is 2.91. The van der Waals surface area contributed by atoms with Crippen molar-refractivity contribution >= 4 is 22.3 Å². The van der Waals surface area contributed by atoms with Gasteiger partial charge < -0.3 is 9.47 Å². The fourth-order valence-corrected chi connectivity index (χ4v) is 3.09. The Morgan fingerprint density at radius 2 is 2.00 bits per heavy atom. The monoisotopic (exact) mass is 294 g/mol. The minimum Gasteiger partial charge on any atom is -0.469 e. The molecule has 1 N–H and O–H groups in total. The van der Waals surface area contributed by atoms with E-state index >= 15 is 0 Å². The van der Waals surface area contributed by atoms with Crippen LogP contribution in [0.1, 0.15) is 13.8 Å². The number of carbonyl (C=O) groups excluding carboxylic acids is 2. The van der Waals surface area contributed by atoms with Crippen molar-refractivity contribution in [3.63, 3.8) is 0 Å². The topological polar surface area (TPSA) is 102 Å². The molecule has 1 heterocycles. The van der Waals surface area contributed by atoms with Crippen molar-refractivity contribution < 1.29 is 27.5 Å². The second-order valence-electron chi connectivity index (χ2n) is 4.25. The summed E-state index contributed by atoms with van der Waals surface area (Å²) in [6.45, 7) is 3.53. The van der Waals surface area contributed by atoms with Gasteiger partial charge in [-0.15, -0.1) is 0 Å². The van der Waals surface area contributed by atoms with E-state index < -0.39 is 28.2 Å². The highest BCUT2D eigenvalue weighted by Gasteiger charge is 2.41. The highest BCUT2D eigenvalue weighted by Crippen LogP contribution is 2.25. The number of rotatable bonds is 4. The summed E-state index contributed by atoms with van der Waals surface area (Å²) in [6, 6.07) is 0. The number of esters is 1. The first-order chi connectivity index (χ1) is 8.81. The Morgan fingerprint density at radius 3 is 2.53 bits per heavy atom. The van der Waals surface area contributed by atoms with Crippen molar-refractivity contribution in [2.75, 3.05) is 26.8 Å². The molecular formula is C10H18N2O6S. The zero-order valence-corrected chi connectivity index (χ0v) is 11.9. The van der Waals surface area contributed by atoms with Crippen LogP contribution in [0, 0.1) is 11.8 Å². The standard InChI is InChI=1S/C10H18N2O6S/c1-4-18-10(14)11-19(15,16)12-5-7(2)8(6-12)9(13)17-3/h7-8H,4-6H2,1-3H3,(H,11,14). The first-order valence-corrected chi connectivity index (χ1v) is 7.28. The van der Waals surface area contributed by atoms with Crippen LogP contribution in [0.4, 0.5) is 4.79 Å². The van der Waals surface area contributed by atoms with Gasteiger partial charge in [0.2, 0.25) is 0 Å². The maximum Gasteiger partial charge on any atom is 0.421 e. The second kappa shape index (κ2) is 6.20. The predicted molar refractivity (Wildman–Crippen MR) is 65.3 cm³/mol. The Hall–Kier alpha value is -1.35. The fraction of sp³-hybridized carbons (Fsp3) is 0.800. The highest BCUT2D eigenvalue weighted by molar-refractivity contribution is 7.87. The van der Waals surface area contributed by atoms with Crippen LogP contribution in [0.3, 0.4) is 0 Å². The summed E-state index contributed by atoms with van der Waals surface area (Å²) < 4.78 is 35.7. The number of nitrogens with one attached hydrogen (secondary N) is 1. The molecule has 110 valence electrons. The van der Waals surface area contributed by atoms with Gasteiger partial charge in [0, 0.05) is 13.1 Å².